The molecule has 0 spiro atoms. The summed E-state index contributed by atoms with van der Waals surface area (Å²) in [7, 11) is 0. The van der Waals surface area contributed by atoms with E-state index in [0.717, 1.165) is 6.07 Å². The second kappa shape index (κ2) is 4.28. The number of rotatable bonds is 1. The smallest absolute Gasteiger partial charge is 0.293 e. The highest BCUT2D eigenvalue weighted by atomic mass is 35.5. The molecule has 3 aromatic rings. The molecule has 100 valence electrons. The number of nitro groups is 1. The average molecular weight is 293 g/mol. The molecule has 0 saturated carbocycles. The third-order valence-electron chi connectivity index (χ3n) is 3.04. The standard InChI is InChI=1S/C13H6ClFN2O3/c14-8-2-4-10(17(19)20)12-11(8)13(18)7-5-6(15)1-3-9(7)16-12/h1-5H,(H,16,18). The third-order valence-corrected chi connectivity index (χ3v) is 3.36. The molecule has 2 aromatic carbocycles. The molecular formula is C13H6ClFN2O3. The lowest BCUT2D eigenvalue weighted by molar-refractivity contribution is -0.383. The molecule has 0 aliphatic rings. The van der Waals surface area contributed by atoms with Crippen LogP contribution in [0.4, 0.5) is 10.1 Å². The summed E-state index contributed by atoms with van der Waals surface area (Å²) in [6.07, 6.45) is 0. The van der Waals surface area contributed by atoms with Crippen molar-refractivity contribution in [3.8, 4) is 0 Å². The number of nitrogens with zero attached hydrogens (tertiary/aromatic N) is 1. The van der Waals surface area contributed by atoms with E-state index < -0.39 is 16.2 Å². The van der Waals surface area contributed by atoms with Crippen LogP contribution in [0, 0.1) is 15.9 Å². The lowest BCUT2D eigenvalue weighted by Crippen LogP contribution is -2.06. The summed E-state index contributed by atoms with van der Waals surface area (Å²) < 4.78 is 13.2. The van der Waals surface area contributed by atoms with Crippen LogP contribution in [0.1, 0.15) is 0 Å². The molecule has 0 fully saturated rings. The highest BCUT2D eigenvalue weighted by molar-refractivity contribution is 6.36. The summed E-state index contributed by atoms with van der Waals surface area (Å²) in [5, 5.41) is 11.2. The average Bonchev–Trinajstić information content (AvgIpc) is 2.39. The number of nitrogens with one attached hydrogen (secondary N) is 1. The molecule has 7 heteroatoms. The number of halogens is 2. The molecule has 3 rings (SSSR count). The summed E-state index contributed by atoms with van der Waals surface area (Å²) in [5.41, 5.74) is -0.449. The quantitative estimate of drug-likeness (QED) is 0.424. The lowest BCUT2D eigenvalue weighted by Gasteiger charge is -2.05. The van der Waals surface area contributed by atoms with E-state index in [1.165, 1.54) is 24.3 Å². The van der Waals surface area contributed by atoms with E-state index in [1.54, 1.807) is 0 Å². The third kappa shape index (κ3) is 1.73. The van der Waals surface area contributed by atoms with Crippen molar-refractivity contribution < 1.29 is 9.31 Å². The molecule has 0 amide bonds. The zero-order valence-electron chi connectivity index (χ0n) is 9.81. The fourth-order valence-corrected chi connectivity index (χ4v) is 2.39. The number of nitro benzene ring substituents is 1. The van der Waals surface area contributed by atoms with E-state index >= 15 is 0 Å². The van der Waals surface area contributed by atoms with Crippen LogP contribution in [0.15, 0.2) is 35.1 Å². The first-order chi connectivity index (χ1) is 9.49. The van der Waals surface area contributed by atoms with Crippen LogP contribution >= 0.6 is 11.6 Å². The number of non-ortho nitro benzene ring substituents is 1. The van der Waals surface area contributed by atoms with Crippen molar-refractivity contribution in [3.63, 3.8) is 0 Å². The molecule has 0 aliphatic carbocycles. The van der Waals surface area contributed by atoms with Gasteiger partial charge in [-0.1, -0.05) is 11.6 Å². The van der Waals surface area contributed by atoms with Crippen molar-refractivity contribution in [1.82, 2.24) is 4.98 Å². The molecule has 5 nitrogen and oxygen atoms in total. The van der Waals surface area contributed by atoms with E-state index in [0.29, 0.717) is 5.52 Å². The molecule has 0 aliphatic heterocycles. The van der Waals surface area contributed by atoms with Crippen molar-refractivity contribution >= 4 is 39.1 Å². The number of hydrogen-bond acceptors (Lipinski definition) is 3. The van der Waals surface area contributed by atoms with Gasteiger partial charge in [0.05, 0.1) is 20.8 Å². The van der Waals surface area contributed by atoms with Crippen LogP contribution in [-0.4, -0.2) is 9.91 Å². The van der Waals surface area contributed by atoms with Crippen LogP contribution in [0.5, 0.6) is 0 Å². The minimum atomic E-state index is -0.607. The van der Waals surface area contributed by atoms with Gasteiger partial charge in [-0.15, -0.1) is 0 Å². The number of fused-ring (bicyclic) bond motifs is 2. The van der Waals surface area contributed by atoms with Crippen LogP contribution in [0.2, 0.25) is 5.02 Å². The molecule has 20 heavy (non-hydrogen) atoms. The predicted octanol–water partition coefficient (Wildman–Crippen LogP) is 3.38. The second-order valence-electron chi connectivity index (χ2n) is 4.22. The molecule has 0 bridgehead atoms. The minimum absolute atomic E-state index is 0.0148. The predicted molar refractivity (Wildman–Crippen MR) is 73.7 cm³/mol. The Labute approximate surface area is 115 Å². The summed E-state index contributed by atoms with van der Waals surface area (Å²) in [5.74, 6) is -0.566. The molecule has 0 unspecified atom stereocenters. The van der Waals surface area contributed by atoms with Crippen molar-refractivity contribution in [3.05, 3.63) is 61.5 Å². The molecule has 0 saturated heterocycles. The maximum atomic E-state index is 13.2. The van der Waals surface area contributed by atoms with Gasteiger partial charge in [-0.05, 0) is 24.3 Å². The highest BCUT2D eigenvalue weighted by Gasteiger charge is 2.18. The van der Waals surface area contributed by atoms with Crippen molar-refractivity contribution in [2.75, 3.05) is 0 Å². The first-order valence-corrected chi connectivity index (χ1v) is 5.95. The number of aromatic amines is 1. The van der Waals surface area contributed by atoms with Gasteiger partial charge < -0.3 is 4.98 Å². The molecule has 0 radical (unpaired) electrons. The normalized spacial score (nSPS) is 11.1. The minimum Gasteiger partial charge on any atom is -0.349 e. The van der Waals surface area contributed by atoms with Gasteiger partial charge in [-0.3, -0.25) is 14.9 Å². The van der Waals surface area contributed by atoms with Crippen LogP contribution in [0.3, 0.4) is 0 Å². The van der Waals surface area contributed by atoms with Gasteiger partial charge in [-0.25, -0.2) is 4.39 Å². The van der Waals surface area contributed by atoms with Crippen molar-refractivity contribution in [2.24, 2.45) is 0 Å². The Hall–Kier alpha value is -2.47. The Balaban J connectivity index is 2.62. The molecule has 1 aromatic heterocycles. The fourth-order valence-electron chi connectivity index (χ4n) is 2.15. The van der Waals surface area contributed by atoms with Gasteiger partial charge in [-0.2, -0.15) is 0 Å². The second-order valence-corrected chi connectivity index (χ2v) is 4.62. The maximum Gasteiger partial charge on any atom is 0.293 e. The van der Waals surface area contributed by atoms with E-state index in [-0.39, 0.29) is 27.0 Å². The lowest BCUT2D eigenvalue weighted by atomic mass is 10.1. The van der Waals surface area contributed by atoms with Crippen molar-refractivity contribution in [2.45, 2.75) is 0 Å². The van der Waals surface area contributed by atoms with Gasteiger partial charge in [0.1, 0.15) is 11.3 Å². The Morgan fingerprint density at radius 1 is 1.25 bits per heavy atom. The first-order valence-electron chi connectivity index (χ1n) is 5.57. The molecule has 1 N–H and O–H groups in total. The zero-order chi connectivity index (χ0) is 14.4. The summed E-state index contributed by atoms with van der Waals surface area (Å²) in [6, 6.07) is 6.09. The summed E-state index contributed by atoms with van der Waals surface area (Å²) >= 11 is 5.94. The van der Waals surface area contributed by atoms with Crippen molar-refractivity contribution in [1.29, 1.82) is 0 Å². The monoisotopic (exact) mass is 292 g/mol. The first kappa shape index (κ1) is 12.6. The Bertz CT molecular complexity index is 936. The van der Waals surface area contributed by atoms with E-state index in [1.807, 2.05) is 0 Å². The Morgan fingerprint density at radius 2 is 2.00 bits per heavy atom. The SMILES string of the molecule is O=c1c2cc(F)ccc2[nH]c2c([N+](=O)[O-])ccc(Cl)c12. The largest absolute Gasteiger partial charge is 0.349 e. The number of hydrogen-bond donors (Lipinski definition) is 1. The van der Waals surface area contributed by atoms with Crippen LogP contribution in [-0.2, 0) is 0 Å². The van der Waals surface area contributed by atoms with E-state index in [9.17, 15) is 19.3 Å². The highest BCUT2D eigenvalue weighted by Crippen LogP contribution is 2.29. The maximum absolute atomic E-state index is 13.2. The number of H-pyrrole nitrogens is 1. The molecular weight excluding hydrogens is 287 g/mol. The fraction of sp³-hybridized carbons (Fsp3) is 0. The zero-order valence-corrected chi connectivity index (χ0v) is 10.6. The van der Waals surface area contributed by atoms with E-state index in [2.05, 4.69) is 4.98 Å². The molecule has 1 heterocycles. The Kier molecular flexibility index (Phi) is 2.69. The van der Waals surface area contributed by atoms with Crippen LogP contribution in [0.25, 0.3) is 21.8 Å². The van der Waals surface area contributed by atoms with Gasteiger partial charge in [0, 0.05) is 11.5 Å². The topological polar surface area (TPSA) is 76.0 Å². The summed E-state index contributed by atoms with van der Waals surface area (Å²) in [6.45, 7) is 0. The number of benzene rings is 2. The number of pyridine rings is 1. The summed E-state index contributed by atoms with van der Waals surface area (Å²) in [4.78, 5) is 25.5. The van der Waals surface area contributed by atoms with Crippen LogP contribution < -0.4 is 5.43 Å². The van der Waals surface area contributed by atoms with Gasteiger partial charge in [0.15, 0.2) is 5.43 Å². The number of aromatic nitrogens is 1. The van der Waals surface area contributed by atoms with Gasteiger partial charge in [0.2, 0.25) is 0 Å². The van der Waals surface area contributed by atoms with E-state index in [4.69, 9.17) is 11.6 Å². The molecule has 0 atom stereocenters. The van der Waals surface area contributed by atoms with Gasteiger partial charge >= 0.3 is 0 Å². The van der Waals surface area contributed by atoms with Gasteiger partial charge in [0.25, 0.3) is 5.69 Å². The Morgan fingerprint density at radius 3 is 2.70 bits per heavy atom.